The third-order valence-corrected chi connectivity index (χ3v) is 11.5. The van der Waals surface area contributed by atoms with Gasteiger partial charge < -0.3 is 4.90 Å². The maximum absolute atomic E-state index is 5.17. The van der Waals surface area contributed by atoms with Gasteiger partial charge in [0.15, 0.2) is 0 Å². The molecule has 0 radical (unpaired) electrons. The van der Waals surface area contributed by atoms with Crippen LogP contribution in [-0.4, -0.2) is 5.71 Å². The van der Waals surface area contributed by atoms with Crippen LogP contribution in [0.2, 0.25) is 0 Å². The van der Waals surface area contributed by atoms with Gasteiger partial charge in [-0.2, -0.15) is 0 Å². The molecule has 9 aromatic rings. The van der Waals surface area contributed by atoms with E-state index in [0.29, 0.717) is 0 Å². The van der Waals surface area contributed by atoms with Crippen LogP contribution in [0, 0.1) is 0 Å². The first kappa shape index (κ1) is 31.2. The Kier molecular flexibility index (Phi) is 7.78. The van der Waals surface area contributed by atoms with Gasteiger partial charge in [-0.3, -0.25) is 4.99 Å². The van der Waals surface area contributed by atoms with E-state index in [1.54, 1.807) is 0 Å². The lowest BCUT2D eigenvalue weighted by Gasteiger charge is -2.27. The van der Waals surface area contributed by atoms with Gasteiger partial charge >= 0.3 is 0 Å². The Morgan fingerprint density at radius 2 is 0.962 bits per heavy atom. The van der Waals surface area contributed by atoms with Crippen LogP contribution in [0.5, 0.6) is 0 Å². The number of hydrogen-bond donors (Lipinski definition) is 0. The molecule has 0 fully saturated rings. The van der Waals surface area contributed by atoms with Gasteiger partial charge in [0, 0.05) is 43.7 Å². The van der Waals surface area contributed by atoms with E-state index in [1.165, 1.54) is 64.7 Å². The topological polar surface area (TPSA) is 15.6 Å². The number of hydrogen-bond acceptors (Lipinski definition) is 3. The Bertz CT molecular complexity index is 2680. The molecule has 0 atom stereocenters. The molecule has 0 amide bonds. The average Bonchev–Trinajstić information content (AvgIpc) is 3.85. The Morgan fingerprint density at radius 3 is 1.58 bits per heavy atom. The second-order valence-corrected chi connectivity index (χ2v) is 14.6. The fourth-order valence-electron chi connectivity index (χ4n) is 7.76. The quantitative estimate of drug-likeness (QED) is 0.162. The molecular weight excluding hydrogens is 661 g/mol. The normalized spacial score (nSPS) is 12.2. The van der Waals surface area contributed by atoms with Gasteiger partial charge in [0.05, 0.1) is 11.4 Å². The minimum Gasteiger partial charge on any atom is -0.310 e. The summed E-state index contributed by atoms with van der Waals surface area (Å²) in [5.74, 6) is 0. The number of thiophene rings is 1. The predicted molar refractivity (Wildman–Crippen MR) is 227 cm³/mol. The van der Waals surface area contributed by atoms with Crippen molar-refractivity contribution in [3.8, 4) is 33.4 Å². The molecule has 10 rings (SSSR count). The van der Waals surface area contributed by atoms with E-state index in [9.17, 15) is 0 Å². The smallest absolute Gasteiger partial charge is 0.0675 e. The second kappa shape index (κ2) is 13.2. The monoisotopic (exact) mass is 694 g/mol. The van der Waals surface area contributed by atoms with Crippen molar-refractivity contribution in [2.24, 2.45) is 4.99 Å². The molecule has 0 N–H and O–H groups in total. The fraction of sp³-hybridized carbons (Fsp3) is 0.0200. The minimum atomic E-state index is 0.801. The van der Waals surface area contributed by atoms with Crippen LogP contribution in [0.25, 0.3) is 53.6 Å². The molecule has 250 valence electrons. The van der Waals surface area contributed by atoms with Crippen LogP contribution >= 0.6 is 11.3 Å². The minimum absolute atomic E-state index is 0.801. The van der Waals surface area contributed by atoms with Crippen molar-refractivity contribution in [2.75, 3.05) is 4.90 Å². The van der Waals surface area contributed by atoms with E-state index < -0.39 is 0 Å². The van der Waals surface area contributed by atoms with Crippen LogP contribution < -0.4 is 4.90 Å². The number of nitrogens with zero attached hydrogens (tertiary/aromatic N) is 2. The summed E-state index contributed by atoms with van der Waals surface area (Å²) in [7, 11) is 0. The van der Waals surface area contributed by atoms with E-state index in [0.717, 1.165) is 34.9 Å². The second-order valence-electron chi connectivity index (χ2n) is 13.5. The van der Waals surface area contributed by atoms with Gasteiger partial charge in [-0.15, -0.1) is 11.3 Å². The molecule has 1 aliphatic rings. The van der Waals surface area contributed by atoms with Crippen molar-refractivity contribution in [3.63, 3.8) is 0 Å². The zero-order chi connectivity index (χ0) is 35.1. The molecule has 0 saturated heterocycles. The average molecular weight is 695 g/mol. The molecule has 1 aromatic heterocycles. The van der Waals surface area contributed by atoms with E-state index in [2.05, 4.69) is 199 Å². The standard InChI is InChI=1S/C50H34N2S/c1-4-13-34(14-5-1)36-23-27-39(28-24-36)52(40-29-25-37(26-30-40)35-15-6-2-7-16-35)41-31-45(50-43-19-10-11-22-48(43)53-49(50)32-41)42-20-12-21-46-44(42)33-47(51-46)38-17-8-3-9-18-38/h1-32H,33H2. The maximum Gasteiger partial charge on any atom is 0.0675 e. The van der Waals surface area contributed by atoms with Crippen molar-refractivity contribution in [1.82, 2.24) is 0 Å². The Balaban J connectivity index is 1.16. The first-order valence-corrected chi connectivity index (χ1v) is 18.9. The van der Waals surface area contributed by atoms with E-state index in [4.69, 9.17) is 4.99 Å². The summed E-state index contributed by atoms with van der Waals surface area (Å²) >= 11 is 1.87. The van der Waals surface area contributed by atoms with Crippen molar-refractivity contribution >= 4 is 60.0 Å². The summed E-state index contributed by atoms with van der Waals surface area (Å²) in [5.41, 5.74) is 15.3. The molecule has 0 saturated carbocycles. The summed E-state index contributed by atoms with van der Waals surface area (Å²) in [6, 6.07) is 70.0. The number of rotatable bonds is 7. The highest BCUT2D eigenvalue weighted by atomic mass is 32.1. The van der Waals surface area contributed by atoms with Crippen LogP contribution in [0.15, 0.2) is 199 Å². The number of anilines is 3. The zero-order valence-corrected chi connectivity index (χ0v) is 29.8. The molecule has 0 spiro atoms. The fourth-order valence-corrected chi connectivity index (χ4v) is 8.93. The van der Waals surface area contributed by atoms with Gasteiger partial charge in [-0.25, -0.2) is 0 Å². The first-order chi connectivity index (χ1) is 26.3. The van der Waals surface area contributed by atoms with Gasteiger partial charge in [0.2, 0.25) is 0 Å². The summed E-state index contributed by atoms with van der Waals surface area (Å²) in [6.45, 7) is 0. The molecule has 2 heterocycles. The zero-order valence-electron chi connectivity index (χ0n) is 29.0. The molecule has 53 heavy (non-hydrogen) atoms. The summed E-state index contributed by atoms with van der Waals surface area (Å²) in [6.07, 6.45) is 0.801. The van der Waals surface area contributed by atoms with E-state index in [1.807, 2.05) is 11.3 Å². The molecule has 0 aliphatic carbocycles. The van der Waals surface area contributed by atoms with E-state index >= 15 is 0 Å². The lowest BCUT2D eigenvalue weighted by Crippen LogP contribution is -2.10. The molecule has 3 heteroatoms. The molecule has 8 aromatic carbocycles. The third-order valence-electron chi connectivity index (χ3n) is 10.3. The maximum atomic E-state index is 5.17. The Hall–Kier alpha value is -6.55. The van der Waals surface area contributed by atoms with Crippen molar-refractivity contribution in [2.45, 2.75) is 6.42 Å². The number of aliphatic imine (C=N–C) groups is 1. The molecule has 1 aliphatic heterocycles. The van der Waals surface area contributed by atoms with Crippen molar-refractivity contribution < 1.29 is 0 Å². The van der Waals surface area contributed by atoms with Gasteiger partial charge in [0.25, 0.3) is 0 Å². The van der Waals surface area contributed by atoms with Gasteiger partial charge in [-0.05, 0) is 93.0 Å². The predicted octanol–water partition coefficient (Wildman–Crippen LogP) is 14.2. The van der Waals surface area contributed by atoms with Gasteiger partial charge in [-0.1, -0.05) is 146 Å². The highest BCUT2D eigenvalue weighted by molar-refractivity contribution is 7.26. The molecule has 2 nitrogen and oxygen atoms in total. The molecule has 0 unspecified atom stereocenters. The summed E-state index contributed by atoms with van der Waals surface area (Å²) in [5, 5.41) is 2.59. The van der Waals surface area contributed by atoms with Crippen LogP contribution in [0.3, 0.4) is 0 Å². The number of fused-ring (bicyclic) bond motifs is 4. The largest absolute Gasteiger partial charge is 0.310 e. The van der Waals surface area contributed by atoms with Crippen LogP contribution in [0.4, 0.5) is 22.7 Å². The Morgan fingerprint density at radius 1 is 0.415 bits per heavy atom. The molecule has 0 bridgehead atoms. The third kappa shape index (κ3) is 5.72. The van der Waals surface area contributed by atoms with E-state index in [-0.39, 0.29) is 0 Å². The highest BCUT2D eigenvalue weighted by Gasteiger charge is 2.24. The lowest BCUT2D eigenvalue weighted by molar-refractivity contribution is 1.29. The molecular formula is C50H34N2S. The van der Waals surface area contributed by atoms with Crippen LogP contribution in [-0.2, 0) is 6.42 Å². The van der Waals surface area contributed by atoms with Crippen molar-refractivity contribution in [3.05, 3.63) is 205 Å². The number of benzene rings is 8. The summed E-state index contributed by atoms with van der Waals surface area (Å²) in [4.78, 5) is 7.57. The Labute approximate surface area is 313 Å². The van der Waals surface area contributed by atoms with Crippen LogP contribution in [0.1, 0.15) is 11.1 Å². The first-order valence-electron chi connectivity index (χ1n) is 18.1. The SMILES string of the molecule is c1ccc(C2=Nc3cccc(-c4cc(N(c5ccc(-c6ccccc6)cc5)c5ccc(-c6ccccc6)cc5)cc5sc6ccccc6c45)c3C2)cc1. The highest BCUT2D eigenvalue weighted by Crippen LogP contribution is 2.48. The lowest BCUT2D eigenvalue weighted by atomic mass is 9.91. The van der Waals surface area contributed by atoms with Gasteiger partial charge in [0.1, 0.15) is 0 Å². The van der Waals surface area contributed by atoms with Crippen molar-refractivity contribution in [1.29, 1.82) is 0 Å². The summed E-state index contributed by atoms with van der Waals surface area (Å²) < 4.78 is 2.56.